The summed E-state index contributed by atoms with van der Waals surface area (Å²) in [5.74, 6) is 1.39. The Morgan fingerprint density at radius 2 is 1.73 bits per heavy atom. The molecule has 3 aromatic carbocycles. The van der Waals surface area contributed by atoms with E-state index < -0.39 is 0 Å². The standard InChI is InChI=1S/C28H25Cl2NO5S/c1-17-4-5-18(2)24(12-17)35-11-10-31-27(32)26(37-28(31)33)14-19-6-9-23(34-3)25(13-19)36-16-20-7-8-21(29)15-22(20)30/h4-9,12-15H,10-11,16H2,1-3H3/b26-14-. The molecule has 0 saturated carbocycles. The Bertz CT molecular complexity index is 1370. The molecule has 9 heteroatoms. The number of methoxy groups -OCH3 is 1. The lowest BCUT2D eigenvalue weighted by molar-refractivity contribution is -0.123. The van der Waals surface area contributed by atoms with Crippen LogP contribution in [0.5, 0.6) is 17.2 Å². The molecule has 0 spiro atoms. The van der Waals surface area contributed by atoms with Gasteiger partial charge in [0.05, 0.1) is 18.6 Å². The molecule has 0 radical (unpaired) electrons. The second-order valence-corrected chi connectivity index (χ2v) is 10.2. The number of ether oxygens (including phenoxy) is 3. The molecule has 37 heavy (non-hydrogen) atoms. The molecule has 0 aromatic heterocycles. The number of hydrogen-bond acceptors (Lipinski definition) is 6. The minimum absolute atomic E-state index is 0.161. The van der Waals surface area contributed by atoms with Gasteiger partial charge in [-0.15, -0.1) is 0 Å². The first kappa shape index (κ1) is 26.9. The summed E-state index contributed by atoms with van der Waals surface area (Å²) in [7, 11) is 1.54. The van der Waals surface area contributed by atoms with Gasteiger partial charge in [-0.1, -0.05) is 47.5 Å². The average Bonchev–Trinajstić information content (AvgIpc) is 3.13. The van der Waals surface area contributed by atoms with Crippen LogP contribution in [0.1, 0.15) is 22.3 Å². The largest absolute Gasteiger partial charge is 0.493 e. The highest BCUT2D eigenvalue weighted by molar-refractivity contribution is 8.18. The summed E-state index contributed by atoms with van der Waals surface area (Å²) in [5.41, 5.74) is 3.53. The maximum atomic E-state index is 12.9. The Kier molecular flexibility index (Phi) is 8.69. The predicted octanol–water partition coefficient (Wildman–Crippen LogP) is 7.31. The van der Waals surface area contributed by atoms with Crippen molar-refractivity contribution in [3.8, 4) is 17.2 Å². The van der Waals surface area contributed by atoms with Gasteiger partial charge in [-0.05, 0) is 78.7 Å². The second kappa shape index (κ2) is 11.9. The van der Waals surface area contributed by atoms with Crippen LogP contribution in [0.3, 0.4) is 0 Å². The van der Waals surface area contributed by atoms with Gasteiger partial charge in [0.25, 0.3) is 11.1 Å². The van der Waals surface area contributed by atoms with E-state index in [2.05, 4.69) is 0 Å². The van der Waals surface area contributed by atoms with Gasteiger partial charge in [-0.3, -0.25) is 14.5 Å². The van der Waals surface area contributed by atoms with Crippen LogP contribution in [0.4, 0.5) is 4.79 Å². The average molecular weight is 558 g/mol. The van der Waals surface area contributed by atoms with E-state index in [-0.39, 0.29) is 30.9 Å². The summed E-state index contributed by atoms with van der Waals surface area (Å²) < 4.78 is 17.2. The Morgan fingerprint density at radius 1 is 0.919 bits per heavy atom. The topological polar surface area (TPSA) is 65.1 Å². The normalized spacial score (nSPS) is 14.4. The molecular weight excluding hydrogens is 533 g/mol. The molecule has 0 unspecified atom stereocenters. The van der Waals surface area contributed by atoms with Gasteiger partial charge in [0.15, 0.2) is 11.5 Å². The summed E-state index contributed by atoms with van der Waals surface area (Å²) in [4.78, 5) is 27.0. The molecule has 0 bridgehead atoms. The zero-order valence-electron chi connectivity index (χ0n) is 20.5. The van der Waals surface area contributed by atoms with Crippen molar-refractivity contribution in [2.45, 2.75) is 20.5 Å². The fourth-order valence-corrected chi connectivity index (χ4v) is 4.97. The zero-order valence-corrected chi connectivity index (χ0v) is 22.9. The van der Waals surface area contributed by atoms with Crippen molar-refractivity contribution >= 4 is 52.2 Å². The molecule has 4 rings (SSSR count). The number of thioether (sulfide) groups is 1. The predicted molar refractivity (Wildman–Crippen MR) is 148 cm³/mol. The Hall–Kier alpha value is -3.13. The third-order valence-corrected chi connectivity index (χ3v) is 7.17. The van der Waals surface area contributed by atoms with Crippen molar-refractivity contribution in [3.05, 3.63) is 91.8 Å². The smallest absolute Gasteiger partial charge is 0.293 e. The molecule has 1 saturated heterocycles. The zero-order chi connectivity index (χ0) is 26.5. The van der Waals surface area contributed by atoms with E-state index in [9.17, 15) is 9.59 Å². The highest BCUT2D eigenvalue weighted by Gasteiger charge is 2.34. The summed E-state index contributed by atoms with van der Waals surface area (Å²) in [6, 6.07) is 16.4. The Labute approximate surface area is 230 Å². The van der Waals surface area contributed by atoms with Crippen LogP contribution in [0.15, 0.2) is 59.5 Å². The van der Waals surface area contributed by atoms with Crippen molar-refractivity contribution in [3.63, 3.8) is 0 Å². The molecule has 0 N–H and O–H groups in total. The third kappa shape index (κ3) is 6.60. The number of halogens is 2. The monoisotopic (exact) mass is 557 g/mol. The first-order valence-corrected chi connectivity index (χ1v) is 13.0. The highest BCUT2D eigenvalue weighted by atomic mass is 35.5. The van der Waals surface area contributed by atoms with E-state index in [1.807, 2.05) is 32.0 Å². The fraction of sp³-hybridized carbons (Fsp3) is 0.214. The van der Waals surface area contributed by atoms with Gasteiger partial charge in [0.2, 0.25) is 0 Å². The second-order valence-electron chi connectivity index (χ2n) is 8.39. The Morgan fingerprint density at radius 3 is 2.49 bits per heavy atom. The van der Waals surface area contributed by atoms with Gasteiger partial charge in [-0.2, -0.15) is 0 Å². The van der Waals surface area contributed by atoms with Crippen LogP contribution >= 0.6 is 35.0 Å². The molecule has 1 aliphatic heterocycles. The summed E-state index contributed by atoms with van der Waals surface area (Å²) in [6.45, 7) is 4.51. The molecule has 1 aliphatic rings. The van der Waals surface area contributed by atoms with Gasteiger partial charge >= 0.3 is 0 Å². The van der Waals surface area contributed by atoms with Crippen LogP contribution < -0.4 is 14.2 Å². The van der Waals surface area contributed by atoms with Crippen LogP contribution in [0, 0.1) is 13.8 Å². The summed E-state index contributed by atoms with van der Waals surface area (Å²) in [5, 5.41) is 0.708. The number of aryl methyl sites for hydroxylation is 2. The maximum absolute atomic E-state index is 12.9. The number of carbonyl (C=O) groups excluding carboxylic acids is 2. The maximum Gasteiger partial charge on any atom is 0.293 e. The van der Waals surface area contributed by atoms with E-state index in [4.69, 9.17) is 37.4 Å². The van der Waals surface area contributed by atoms with Crippen LogP contribution in [-0.2, 0) is 11.4 Å². The minimum Gasteiger partial charge on any atom is -0.493 e. The molecule has 1 fully saturated rings. The lowest BCUT2D eigenvalue weighted by Gasteiger charge is -2.14. The van der Waals surface area contributed by atoms with Crippen molar-refractivity contribution in [1.82, 2.24) is 4.90 Å². The van der Waals surface area contributed by atoms with Gasteiger partial charge in [0.1, 0.15) is 19.0 Å². The minimum atomic E-state index is -0.356. The van der Waals surface area contributed by atoms with Crippen molar-refractivity contribution in [2.75, 3.05) is 20.3 Å². The summed E-state index contributed by atoms with van der Waals surface area (Å²) >= 11 is 13.1. The molecule has 6 nitrogen and oxygen atoms in total. The number of amides is 2. The number of nitrogens with zero attached hydrogens (tertiary/aromatic N) is 1. The van der Waals surface area contributed by atoms with E-state index in [1.54, 1.807) is 49.6 Å². The molecule has 3 aromatic rings. The van der Waals surface area contributed by atoms with Gasteiger partial charge < -0.3 is 14.2 Å². The lowest BCUT2D eigenvalue weighted by atomic mass is 10.1. The van der Waals surface area contributed by atoms with Gasteiger partial charge in [0, 0.05) is 15.6 Å². The SMILES string of the molecule is COc1ccc(/C=C2\SC(=O)N(CCOc3cc(C)ccc3C)C2=O)cc1OCc1ccc(Cl)cc1Cl. The number of benzene rings is 3. The van der Waals surface area contributed by atoms with E-state index >= 15 is 0 Å². The number of imide groups is 1. The Balaban J connectivity index is 1.44. The molecule has 0 aliphatic carbocycles. The molecule has 2 amide bonds. The van der Waals surface area contributed by atoms with Crippen LogP contribution in [0.2, 0.25) is 10.0 Å². The fourth-order valence-electron chi connectivity index (χ4n) is 3.64. The third-order valence-electron chi connectivity index (χ3n) is 5.67. The molecule has 0 atom stereocenters. The number of hydrogen-bond donors (Lipinski definition) is 0. The first-order chi connectivity index (χ1) is 17.7. The van der Waals surface area contributed by atoms with Crippen LogP contribution in [-0.4, -0.2) is 36.3 Å². The van der Waals surface area contributed by atoms with E-state index in [0.717, 1.165) is 34.2 Å². The number of carbonyl (C=O) groups is 2. The van der Waals surface area contributed by atoms with Crippen LogP contribution in [0.25, 0.3) is 6.08 Å². The van der Waals surface area contributed by atoms with Crippen molar-refractivity contribution < 1.29 is 23.8 Å². The molecular formula is C28H25Cl2NO5S. The highest BCUT2D eigenvalue weighted by Crippen LogP contribution is 2.35. The number of rotatable bonds is 9. The lowest BCUT2D eigenvalue weighted by Crippen LogP contribution is -2.32. The van der Waals surface area contributed by atoms with E-state index in [0.29, 0.717) is 32.0 Å². The molecule has 1 heterocycles. The van der Waals surface area contributed by atoms with Crippen molar-refractivity contribution in [2.24, 2.45) is 0 Å². The molecule has 192 valence electrons. The van der Waals surface area contributed by atoms with Gasteiger partial charge in [-0.25, -0.2) is 0 Å². The van der Waals surface area contributed by atoms with E-state index in [1.165, 1.54) is 4.90 Å². The first-order valence-electron chi connectivity index (χ1n) is 11.5. The quantitative estimate of drug-likeness (QED) is 0.257. The van der Waals surface area contributed by atoms with Crippen molar-refractivity contribution in [1.29, 1.82) is 0 Å². The summed E-state index contributed by atoms with van der Waals surface area (Å²) in [6.07, 6.45) is 1.66.